The SMILES string of the molecule is O=C(CSc1ncc(S(=O)(=O)c2cccc(Cl)c2)c(=O)[nH]1)Nc1ccc(F)cc1. The van der Waals surface area contributed by atoms with Crippen LogP contribution in [0.1, 0.15) is 0 Å². The molecule has 0 aliphatic heterocycles. The molecule has 0 spiro atoms. The van der Waals surface area contributed by atoms with Crippen LogP contribution in [0.25, 0.3) is 0 Å². The summed E-state index contributed by atoms with van der Waals surface area (Å²) < 4.78 is 38.1. The van der Waals surface area contributed by atoms with Crippen LogP contribution < -0.4 is 10.9 Å². The van der Waals surface area contributed by atoms with E-state index in [9.17, 15) is 22.4 Å². The van der Waals surface area contributed by atoms with Crippen molar-refractivity contribution < 1.29 is 17.6 Å². The maximum Gasteiger partial charge on any atom is 0.270 e. The van der Waals surface area contributed by atoms with Gasteiger partial charge >= 0.3 is 0 Å². The Kier molecular flexibility index (Phi) is 6.36. The summed E-state index contributed by atoms with van der Waals surface area (Å²) in [5, 5.41) is 2.86. The summed E-state index contributed by atoms with van der Waals surface area (Å²) >= 11 is 6.73. The second-order valence-electron chi connectivity index (χ2n) is 5.69. The minimum atomic E-state index is -4.09. The predicted molar refractivity (Wildman–Crippen MR) is 108 cm³/mol. The monoisotopic (exact) mass is 453 g/mol. The van der Waals surface area contributed by atoms with E-state index in [1.165, 1.54) is 48.5 Å². The molecule has 0 fully saturated rings. The average molecular weight is 454 g/mol. The molecule has 0 bridgehead atoms. The normalized spacial score (nSPS) is 11.2. The van der Waals surface area contributed by atoms with Crippen molar-refractivity contribution in [2.45, 2.75) is 14.9 Å². The maximum absolute atomic E-state index is 12.9. The number of hydrogen-bond donors (Lipinski definition) is 2. The van der Waals surface area contributed by atoms with Crippen molar-refractivity contribution in [1.29, 1.82) is 0 Å². The zero-order valence-electron chi connectivity index (χ0n) is 14.6. The number of hydrogen-bond acceptors (Lipinski definition) is 6. The highest BCUT2D eigenvalue weighted by molar-refractivity contribution is 7.99. The summed E-state index contributed by atoms with van der Waals surface area (Å²) in [6, 6.07) is 10.8. The number of nitrogens with zero attached hydrogens (tertiary/aromatic N) is 1. The van der Waals surface area contributed by atoms with Crippen molar-refractivity contribution in [1.82, 2.24) is 9.97 Å². The molecule has 11 heteroatoms. The van der Waals surface area contributed by atoms with Gasteiger partial charge in [-0.25, -0.2) is 17.8 Å². The number of thioether (sulfide) groups is 1. The van der Waals surface area contributed by atoms with E-state index < -0.39 is 32.0 Å². The molecule has 1 amide bonds. The topological polar surface area (TPSA) is 109 Å². The van der Waals surface area contributed by atoms with Crippen LogP contribution >= 0.6 is 23.4 Å². The van der Waals surface area contributed by atoms with E-state index >= 15 is 0 Å². The molecule has 7 nitrogen and oxygen atoms in total. The molecular weight excluding hydrogens is 441 g/mol. The zero-order valence-corrected chi connectivity index (χ0v) is 16.9. The Labute approximate surface area is 174 Å². The minimum Gasteiger partial charge on any atom is -0.325 e. The number of anilines is 1. The van der Waals surface area contributed by atoms with Gasteiger partial charge in [-0.3, -0.25) is 9.59 Å². The van der Waals surface area contributed by atoms with Gasteiger partial charge in [-0.05, 0) is 42.5 Å². The largest absolute Gasteiger partial charge is 0.325 e. The lowest BCUT2D eigenvalue weighted by Gasteiger charge is -2.06. The van der Waals surface area contributed by atoms with E-state index in [1.54, 1.807) is 0 Å². The van der Waals surface area contributed by atoms with Gasteiger partial charge in [-0.15, -0.1) is 0 Å². The second-order valence-corrected chi connectivity index (χ2v) is 9.00. The van der Waals surface area contributed by atoms with Gasteiger partial charge in [0.1, 0.15) is 5.82 Å². The number of aromatic amines is 1. The average Bonchev–Trinajstić information content (AvgIpc) is 2.68. The summed E-state index contributed by atoms with van der Waals surface area (Å²) in [6.45, 7) is 0. The van der Waals surface area contributed by atoms with Gasteiger partial charge in [0.25, 0.3) is 5.56 Å². The molecule has 0 aliphatic carbocycles. The van der Waals surface area contributed by atoms with Crippen molar-refractivity contribution in [3.8, 4) is 0 Å². The van der Waals surface area contributed by atoms with Crippen LogP contribution in [0.5, 0.6) is 0 Å². The number of amides is 1. The first kappa shape index (κ1) is 21.0. The summed E-state index contributed by atoms with van der Waals surface area (Å²) in [5.41, 5.74) is -0.442. The highest BCUT2D eigenvalue weighted by Gasteiger charge is 2.22. The molecule has 3 rings (SSSR count). The smallest absolute Gasteiger partial charge is 0.270 e. The number of benzene rings is 2. The molecule has 2 N–H and O–H groups in total. The van der Waals surface area contributed by atoms with Gasteiger partial charge < -0.3 is 10.3 Å². The third-order valence-corrected chi connectivity index (χ3v) is 6.47. The first-order chi connectivity index (χ1) is 13.8. The molecule has 3 aromatic rings. The Morgan fingerprint density at radius 1 is 1.21 bits per heavy atom. The Hall–Kier alpha value is -2.69. The molecule has 0 saturated carbocycles. The summed E-state index contributed by atoms with van der Waals surface area (Å²) in [5.74, 6) is -0.924. The van der Waals surface area contributed by atoms with Crippen molar-refractivity contribution in [2.24, 2.45) is 0 Å². The fourth-order valence-electron chi connectivity index (χ4n) is 2.26. The number of sulfone groups is 1. The molecule has 1 aromatic heterocycles. The molecule has 0 atom stereocenters. The molecular formula is C18H13ClFN3O4S2. The van der Waals surface area contributed by atoms with Crippen molar-refractivity contribution >= 4 is 44.8 Å². The Bertz CT molecular complexity index is 1210. The van der Waals surface area contributed by atoms with E-state index in [2.05, 4.69) is 15.3 Å². The third-order valence-electron chi connectivity index (χ3n) is 3.61. The van der Waals surface area contributed by atoms with Gasteiger partial charge in [-0.2, -0.15) is 0 Å². The number of rotatable bonds is 6. The van der Waals surface area contributed by atoms with E-state index in [-0.39, 0.29) is 20.8 Å². The first-order valence-electron chi connectivity index (χ1n) is 8.04. The number of H-pyrrole nitrogens is 1. The lowest BCUT2D eigenvalue weighted by molar-refractivity contribution is -0.113. The number of carbonyl (C=O) groups is 1. The Balaban J connectivity index is 1.70. The molecule has 0 radical (unpaired) electrons. The summed E-state index contributed by atoms with van der Waals surface area (Å²) in [4.78, 5) is 29.8. The van der Waals surface area contributed by atoms with Crippen molar-refractivity contribution in [2.75, 3.05) is 11.1 Å². The predicted octanol–water partition coefficient (Wildman–Crippen LogP) is 3.13. The highest BCUT2D eigenvalue weighted by Crippen LogP contribution is 2.21. The van der Waals surface area contributed by atoms with Crippen molar-refractivity contribution in [3.05, 3.63) is 75.9 Å². The molecule has 29 heavy (non-hydrogen) atoms. The van der Waals surface area contributed by atoms with Gasteiger partial charge in [0.05, 0.1) is 16.8 Å². The van der Waals surface area contributed by atoms with E-state index in [4.69, 9.17) is 11.6 Å². The minimum absolute atomic E-state index is 0.0781. The van der Waals surface area contributed by atoms with E-state index in [0.717, 1.165) is 18.0 Å². The van der Waals surface area contributed by atoms with Gasteiger partial charge in [0, 0.05) is 10.7 Å². The van der Waals surface area contributed by atoms with Crippen LogP contribution in [0.15, 0.2) is 74.5 Å². The van der Waals surface area contributed by atoms with Crippen LogP contribution in [0.4, 0.5) is 10.1 Å². The lowest BCUT2D eigenvalue weighted by atomic mass is 10.3. The van der Waals surface area contributed by atoms with E-state index in [0.29, 0.717) is 5.69 Å². The molecule has 0 unspecified atom stereocenters. The van der Waals surface area contributed by atoms with Crippen molar-refractivity contribution in [3.63, 3.8) is 0 Å². The van der Waals surface area contributed by atoms with Gasteiger partial charge in [-0.1, -0.05) is 29.4 Å². The summed E-state index contributed by atoms with van der Waals surface area (Å²) in [7, 11) is -4.09. The number of carbonyl (C=O) groups excluding carboxylic acids is 1. The van der Waals surface area contributed by atoms with Gasteiger partial charge in [0.2, 0.25) is 15.7 Å². The lowest BCUT2D eigenvalue weighted by Crippen LogP contribution is -2.20. The highest BCUT2D eigenvalue weighted by atomic mass is 35.5. The van der Waals surface area contributed by atoms with E-state index in [1.807, 2.05) is 0 Å². The van der Waals surface area contributed by atoms with Crippen LogP contribution in [-0.4, -0.2) is 30.0 Å². The maximum atomic E-state index is 12.9. The number of nitrogens with one attached hydrogen (secondary N) is 2. The standard InChI is InChI=1S/C18H13ClFN3O4S2/c19-11-2-1-3-14(8-11)29(26,27)15-9-21-18(23-17(15)25)28-10-16(24)22-13-6-4-12(20)5-7-13/h1-9H,10H2,(H,22,24)(H,21,23,25). The van der Waals surface area contributed by atoms with Gasteiger partial charge in [0.15, 0.2) is 10.1 Å². The summed E-state index contributed by atoms with van der Waals surface area (Å²) in [6.07, 6.45) is 0.940. The third kappa shape index (κ3) is 5.22. The fraction of sp³-hybridized carbons (Fsp3) is 0.0556. The molecule has 0 saturated heterocycles. The Morgan fingerprint density at radius 3 is 2.59 bits per heavy atom. The quantitative estimate of drug-likeness (QED) is 0.438. The molecule has 2 aromatic carbocycles. The first-order valence-corrected chi connectivity index (χ1v) is 10.9. The zero-order chi connectivity index (χ0) is 21.0. The number of halogens is 2. The van der Waals surface area contributed by atoms with Crippen LogP contribution in [-0.2, 0) is 14.6 Å². The molecule has 1 heterocycles. The molecule has 0 aliphatic rings. The second kappa shape index (κ2) is 8.76. The number of aromatic nitrogens is 2. The van der Waals surface area contributed by atoms with Crippen LogP contribution in [0.3, 0.4) is 0 Å². The Morgan fingerprint density at radius 2 is 1.93 bits per heavy atom. The van der Waals surface area contributed by atoms with Crippen LogP contribution in [0.2, 0.25) is 5.02 Å². The van der Waals surface area contributed by atoms with Crippen LogP contribution in [0, 0.1) is 5.82 Å². The molecule has 150 valence electrons. The fourth-order valence-corrected chi connectivity index (χ4v) is 4.42.